The van der Waals surface area contributed by atoms with Crippen LogP contribution < -0.4 is 0 Å². The molecular weight excluding hydrogens is 216 g/mol. The van der Waals surface area contributed by atoms with E-state index in [9.17, 15) is 5.11 Å². The minimum Gasteiger partial charge on any atom is -0.383 e. The Labute approximate surface area is 100 Å². The third-order valence-electron chi connectivity index (χ3n) is 2.78. The number of thiophene rings is 1. The van der Waals surface area contributed by atoms with Crippen molar-refractivity contribution in [2.75, 3.05) is 0 Å². The molecule has 1 heterocycles. The highest BCUT2D eigenvalue weighted by molar-refractivity contribution is 7.12. The molecule has 0 spiro atoms. The molecule has 2 aromatic rings. The van der Waals surface area contributed by atoms with Gasteiger partial charge in [-0.25, -0.2) is 0 Å². The summed E-state index contributed by atoms with van der Waals surface area (Å²) in [7, 11) is 0. The summed E-state index contributed by atoms with van der Waals surface area (Å²) < 4.78 is 0. The topological polar surface area (TPSA) is 20.2 Å². The average molecular weight is 232 g/mol. The molecule has 0 saturated heterocycles. The second-order valence-corrected chi connectivity index (χ2v) is 5.12. The van der Waals surface area contributed by atoms with E-state index in [-0.39, 0.29) is 0 Å². The Morgan fingerprint density at radius 1 is 1.19 bits per heavy atom. The second-order valence-electron chi connectivity index (χ2n) is 3.92. The summed E-state index contributed by atoms with van der Waals surface area (Å²) in [6.45, 7) is 4.17. The first kappa shape index (κ1) is 11.4. The maximum atomic E-state index is 10.3. The van der Waals surface area contributed by atoms with Crippen molar-refractivity contribution >= 4 is 11.3 Å². The molecule has 2 heteroatoms. The standard InChI is InChI=1S/C14H16OS/c1-3-11-8-9-13(16-11)14(15)12-7-5-4-6-10(12)2/h4-9,14-15H,3H2,1-2H3. The van der Waals surface area contributed by atoms with E-state index >= 15 is 0 Å². The van der Waals surface area contributed by atoms with Gasteiger partial charge < -0.3 is 5.11 Å². The van der Waals surface area contributed by atoms with Gasteiger partial charge in [0.1, 0.15) is 6.10 Å². The van der Waals surface area contributed by atoms with Crippen LogP contribution in [-0.2, 0) is 6.42 Å². The first-order chi connectivity index (χ1) is 7.72. The maximum Gasteiger partial charge on any atom is 0.113 e. The van der Waals surface area contributed by atoms with E-state index < -0.39 is 6.10 Å². The number of benzene rings is 1. The molecule has 2 rings (SSSR count). The van der Waals surface area contributed by atoms with Crippen LogP contribution in [0.25, 0.3) is 0 Å². The van der Waals surface area contributed by atoms with Gasteiger partial charge in [-0.15, -0.1) is 11.3 Å². The summed E-state index contributed by atoms with van der Waals surface area (Å²) in [6, 6.07) is 12.1. The fraction of sp³-hybridized carbons (Fsp3) is 0.286. The van der Waals surface area contributed by atoms with E-state index in [0.717, 1.165) is 22.4 Å². The van der Waals surface area contributed by atoms with Crippen molar-refractivity contribution in [1.29, 1.82) is 0 Å². The summed E-state index contributed by atoms with van der Waals surface area (Å²) in [6.07, 6.45) is 0.553. The van der Waals surface area contributed by atoms with Crippen LogP contribution in [0.2, 0.25) is 0 Å². The molecule has 1 nitrogen and oxygen atoms in total. The van der Waals surface area contributed by atoms with Crippen LogP contribution in [0, 0.1) is 6.92 Å². The van der Waals surface area contributed by atoms with Crippen LogP contribution in [0.5, 0.6) is 0 Å². The van der Waals surface area contributed by atoms with Crippen molar-refractivity contribution < 1.29 is 5.11 Å². The Morgan fingerprint density at radius 3 is 2.56 bits per heavy atom. The van der Waals surface area contributed by atoms with Gasteiger partial charge in [0.05, 0.1) is 0 Å². The van der Waals surface area contributed by atoms with Crippen molar-refractivity contribution in [1.82, 2.24) is 0 Å². The molecule has 0 aliphatic rings. The van der Waals surface area contributed by atoms with Crippen LogP contribution in [0.3, 0.4) is 0 Å². The normalized spacial score (nSPS) is 12.7. The van der Waals surface area contributed by atoms with Crippen molar-refractivity contribution in [2.45, 2.75) is 26.4 Å². The Bertz CT molecular complexity index is 473. The summed E-state index contributed by atoms with van der Waals surface area (Å²) in [5.41, 5.74) is 2.15. The molecule has 0 aliphatic heterocycles. The van der Waals surface area contributed by atoms with E-state index in [4.69, 9.17) is 0 Å². The number of rotatable bonds is 3. The number of hydrogen-bond acceptors (Lipinski definition) is 2. The van der Waals surface area contributed by atoms with Crippen molar-refractivity contribution in [2.24, 2.45) is 0 Å². The molecule has 84 valence electrons. The summed E-state index contributed by atoms with van der Waals surface area (Å²) in [5.74, 6) is 0. The van der Waals surface area contributed by atoms with E-state index in [1.165, 1.54) is 4.88 Å². The third-order valence-corrected chi connectivity index (χ3v) is 4.07. The number of aliphatic hydroxyl groups excluding tert-OH is 1. The first-order valence-corrected chi connectivity index (χ1v) is 6.36. The SMILES string of the molecule is CCc1ccc(C(O)c2ccccc2C)s1. The van der Waals surface area contributed by atoms with Gasteiger partial charge in [0.2, 0.25) is 0 Å². The molecule has 1 aromatic carbocycles. The third kappa shape index (κ3) is 2.18. The minimum atomic E-state index is -0.480. The van der Waals surface area contributed by atoms with Gasteiger partial charge in [0, 0.05) is 9.75 Å². The zero-order valence-electron chi connectivity index (χ0n) is 9.60. The smallest absolute Gasteiger partial charge is 0.113 e. The molecule has 0 amide bonds. The lowest BCUT2D eigenvalue weighted by atomic mass is 10.0. The van der Waals surface area contributed by atoms with Crippen LogP contribution >= 0.6 is 11.3 Å². The van der Waals surface area contributed by atoms with Crippen molar-refractivity contribution in [3.05, 3.63) is 57.3 Å². The van der Waals surface area contributed by atoms with Gasteiger partial charge >= 0.3 is 0 Å². The number of aryl methyl sites for hydroxylation is 2. The highest BCUT2D eigenvalue weighted by Gasteiger charge is 2.14. The Hall–Kier alpha value is -1.12. The monoisotopic (exact) mass is 232 g/mol. The van der Waals surface area contributed by atoms with Gasteiger partial charge in [-0.2, -0.15) is 0 Å². The predicted octanol–water partition coefficient (Wildman–Crippen LogP) is 3.70. The molecule has 1 atom stereocenters. The van der Waals surface area contributed by atoms with E-state index in [1.54, 1.807) is 11.3 Å². The van der Waals surface area contributed by atoms with Gasteiger partial charge in [-0.3, -0.25) is 0 Å². The highest BCUT2D eigenvalue weighted by atomic mass is 32.1. The van der Waals surface area contributed by atoms with Gasteiger partial charge in [0.15, 0.2) is 0 Å². The Balaban J connectivity index is 2.31. The summed E-state index contributed by atoms with van der Waals surface area (Å²) in [4.78, 5) is 2.36. The molecule has 16 heavy (non-hydrogen) atoms. The molecule has 0 saturated carbocycles. The van der Waals surface area contributed by atoms with Gasteiger partial charge in [-0.05, 0) is 36.6 Å². The lowest BCUT2D eigenvalue weighted by Crippen LogP contribution is -1.99. The number of hydrogen-bond donors (Lipinski definition) is 1. The van der Waals surface area contributed by atoms with Crippen LogP contribution in [-0.4, -0.2) is 5.11 Å². The van der Waals surface area contributed by atoms with Crippen LogP contribution in [0.1, 0.15) is 33.9 Å². The fourth-order valence-corrected chi connectivity index (χ4v) is 2.74. The van der Waals surface area contributed by atoms with Crippen molar-refractivity contribution in [3.63, 3.8) is 0 Å². The summed E-state index contributed by atoms with van der Waals surface area (Å²) in [5, 5.41) is 10.3. The van der Waals surface area contributed by atoms with E-state index in [2.05, 4.69) is 13.0 Å². The lowest BCUT2D eigenvalue weighted by Gasteiger charge is -2.11. The quantitative estimate of drug-likeness (QED) is 0.855. The Kier molecular flexibility index (Phi) is 3.42. The van der Waals surface area contributed by atoms with Gasteiger partial charge in [-0.1, -0.05) is 31.2 Å². The predicted molar refractivity (Wildman–Crippen MR) is 68.9 cm³/mol. The molecule has 1 unspecified atom stereocenters. The highest BCUT2D eigenvalue weighted by Crippen LogP contribution is 2.30. The largest absolute Gasteiger partial charge is 0.383 e. The maximum absolute atomic E-state index is 10.3. The molecule has 0 radical (unpaired) electrons. The minimum absolute atomic E-state index is 0.480. The second kappa shape index (κ2) is 4.81. The zero-order valence-corrected chi connectivity index (χ0v) is 10.4. The molecule has 0 aliphatic carbocycles. The first-order valence-electron chi connectivity index (χ1n) is 5.54. The van der Waals surface area contributed by atoms with Crippen LogP contribution in [0.4, 0.5) is 0 Å². The zero-order chi connectivity index (χ0) is 11.5. The number of aliphatic hydroxyl groups is 1. The van der Waals surface area contributed by atoms with Crippen LogP contribution in [0.15, 0.2) is 36.4 Å². The van der Waals surface area contributed by atoms with E-state index in [0.29, 0.717) is 0 Å². The Morgan fingerprint density at radius 2 is 1.94 bits per heavy atom. The summed E-state index contributed by atoms with van der Waals surface area (Å²) >= 11 is 1.69. The fourth-order valence-electron chi connectivity index (χ4n) is 1.78. The van der Waals surface area contributed by atoms with Crippen molar-refractivity contribution in [3.8, 4) is 0 Å². The molecule has 1 aromatic heterocycles. The molecular formula is C14H16OS. The lowest BCUT2D eigenvalue weighted by molar-refractivity contribution is 0.223. The van der Waals surface area contributed by atoms with E-state index in [1.807, 2.05) is 37.3 Å². The molecule has 0 fully saturated rings. The molecule has 0 bridgehead atoms. The molecule has 1 N–H and O–H groups in total. The average Bonchev–Trinajstić information content (AvgIpc) is 2.77. The van der Waals surface area contributed by atoms with Gasteiger partial charge in [0.25, 0.3) is 0 Å².